The summed E-state index contributed by atoms with van der Waals surface area (Å²) >= 11 is 0. The molecule has 0 aliphatic carbocycles. The molecule has 5 nitrogen and oxygen atoms in total. The zero-order valence-electron chi connectivity index (χ0n) is 7.60. The fourth-order valence-electron chi connectivity index (χ4n) is 1.14. The molecule has 0 fully saturated rings. The molecule has 0 spiro atoms. The molecule has 2 rings (SSSR count). The summed E-state index contributed by atoms with van der Waals surface area (Å²) in [6.07, 6.45) is 3.21. The van der Waals surface area contributed by atoms with Gasteiger partial charge in [0.1, 0.15) is 12.1 Å². The Hall–Kier alpha value is -1.65. The molecule has 2 heterocycles. The first-order valence-electron chi connectivity index (χ1n) is 4.18. The van der Waals surface area contributed by atoms with Gasteiger partial charge in [0, 0.05) is 12.2 Å². The molecule has 0 atom stereocenters. The number of nitrogens with one attached hydrogen (secondary N) is 1. The van der Waals surface area contributed by atoms with E-state index in [2.05, 4.69) is 34.2 Å². The van der Waals surface area contributed by atoms with Crippen molar-refractivity contribution in [3.8, 4) is 0 Å². The van der Waals surface area contributed by atoms with Crippen molar-refractivity contribution in [1.29, 1.82) is 0 Å². The van der Waals surface area contributed by atoms with Crippen molar-refractivity contribution < 1.29 is 0 Å². The summed E-state index contributed by atoms with van der Waals surface area (Å²) in [6.45, 7) is 4.15. The van der Waals surface area contributed by atoms with Gasteiger partial charge in [-0.15, -0.1) is 0 Å². The van der Waals surface area contributed by atoms with Crippen LogP contribution < -0.4 is 5.32 Å². The molecule has 68 valence electrons. The first kappa shape index (κ1) is 7.97. The van der Waals surface area contributed by atoms with Gasteiger partial charge >= 0.3 is 0 Å². The zero-order chi connectivity index (χ0) is 9.26. The van der Waals surface area contributed by atoms with Gasteiger partial charge in [0.25, 0.3) is 5.78 Å². The lowest BCUT2D eigenvalue weighted by Crippen LogP contribution is -2.13. The maximum Gasteiger partial charge on any atom is 0.254 e. The second-order valence-electron chi connectivity index (χ2n) is 3.10. The van der Waals surface area contributed by atoms with Crippen LogP contribution in [-0.2, 0) is 0 Å². The Labute approximate surface area is 75.8 Å². The average Bonchev–Trinajstić information content (AvgIpc) is 2.51. The van der Waals surface area contributed by atoms with E-state index < -0.39 is 0 Å². The highest BCUT2D eigenvalue weighted by atomic mass is 15.3. The summed E-state index contributed by atoms with van der Waals surface area (Å²) in [6, 6.07) is 2.25. The summed E-state index contributed by atoms with van der Waals surface area (Å²) in [7, 11) is 0. The van der Waals surface area contributed by atoms with Crippen LogP contribution >= 0.6 is 0 Å². The quantitative estimate of drug-likeness (QED) is 0.741. The van der Waals surface area contributed by atoms with Gasteiger partial charge in [-0.2, -0.15) is 14.6 Å². The molecule has 0 aromatic carbocycles. The summed E-state index contributed by atoms with van der Waals surface area (Å²) in [4.78, 5) is 8.05. The third kappa shape index (κ3) is 1.44. The van der Waals surface area contributed by atoms with Crippen molar-refractivity contribution in [2.45, 2.75) is 19.9 Å². The monoisotopic (exact) mass is 177 g/mol. The van der Waals surface area contributed by atoms with E-state index in [4.69, 9.17) is 0 Å². The van der Waals surface area contributed by atoms with E-state index in [1.54, 1.807) is 10.7 Å². The van der Waals surface area contributed by atoms with Gasteiger partial charge in [-0.3, -0.25) is 0 Å². The van der Waals surface area contributed by atoms with E-state index in [9.17, 15) is 0 Å². The molecule has 5 heteroatoms. The summed E-state index contributed by atoms with van der Waals surface area (Å²) in [5.74, 6) is 1.53. The first-order chi connectivity index (χ1) is 6.27. The molecular weight excluding hydrogens is 166 g/mol. The van der Waals surface area contributed by atoms with Gasteiger partial charge < -0.3 is 5.32 Å². The Morgan fingerprint density at radius 2 is 2.23 bits per heavy atom. The van der Waals surface area contributed by atoms with Crippen molar-refractivity contribution in [2.75, 3.05) is 5.32 Å². The lowest BCUT2D eigenvalue weighted by molar-refractivity contribution is 0.851. The molecule has 0 saturated carbocycles. The van der Waals surface area contributed by atoms with Gasteiger partial charge in [0.15, 0.2) is 0 Å². The Bertz CT molecular complexity index is 406. The predicted octanol–water partition coefficient (Wildman–Crippen LogP) is 0.945. The fourth-order valence-corrected chi connectivity index (χ4v) is 1.14. The molecular formula is C8H11N5. The number of anilines is 1. The van der Waals surface area contributed by atoms with E-state index in [0.717, 1.165) is 5.82 Å². The molecule has 1 N–H and O–H groups in total. The highest BCUT2D eigenvalue weighted by molar-refractivity contribution is 5.42. The van der Waals surface area contributed by atoms with Crippen molar-refractivity contribution in [3.63, 3.8) is 0 Å². The Kier molecular flexibility index (Phi) is 1.84. The summed E-state index contributed by atoms with van der Waals surface area (Å²) < 4.78 is 1.68. The highest BCUT2D eigenvalue weighted by Gasteiger charge is 2.02. The molecule has 2 aromatic rings. The fraction of sp³-hybridized carbons (Fsp3) is 0.375. The topological polar surface area (TPSA) is 55.1 Å². The normalized spacial score (nSPS) is 11.0. The van der Waals surface area contributed by atoms with Crippen molar-refractivity contribution >= 4 is 11.6 Å². The smallest absolute Gasteiger partial charge is 0.254 e. The number of aromatic nitrogens is 4. The minimum atomic E-state index is 0.370. The van der Waals surface area contributed by atoms with Gasteiger partial charge in [-0.1, -0.05) is 0 Å². The van der Waals surface area contributed by atoms with Crippen LogP contribution in [0.3, 0.4) is 0 Å². The van der Waals surface area contributed by atoms with E-state index in [1.807, 2.05) is 6.07 Å². The van der Waals surface area contributed by atoms with Gasteiger partial charge in [0.05, 0.1) is 0 Å². The SMILES string of the molecule is CC(C)Nc1ccnc2ncnn12. The third-order valence-corrected chi connectivity index (χ3v) is 1.62. The van der Waals surface area contributed by atoms with Crippen LogP contribution in [0.4, 0.5) is 5.82 Å². The van der Waals surface area contributed by atoms with E-state index in [1.165, 1.54) is 6.33 Å². The van der Waals surface area contributed by atoms with Crippen molar-refractivity contribution in [3.05, 3.63) is 18.6 Å². The number of hydrogen-bond donors (Lipinski definition) is 1. The van der Waals surface area contributed by atoms with Crippen molar-refractivity contribution in [2.24, 2.45) is 0 Å². The summed E-state index contributed by atoms with van der Waals surface area (Å²) in [5, 5.41) is 7.31. The van der Waals surface area contributed by atoms with E-state index in [-0.39, 0.29) is 0 Å². The molecule has 0 unspecified atom stereocenters. The van der Waals surface area contributed by atoms with E-state index >= 15 is 0 Å². The zero-order valence-corrected chi connectivity index (χ0v) is 7.60. The highest BCUT2D eigenvalue weighted by Crippen LogP contribution is 2.07. The van der Waals surface area contributed by atoms with Gasteiger partial charge in [-0.25, -0.2) is 4.98 Å². The van der Waals surface area contributed by atoms with Crippen LogP contribution in [-0.4, -0.2) is 25.6 Å². The van der Waals surface area contributed by atoms with Crippen LogP contribution in [0.15, 0.2) is 18.6 Å². The molecule has 2 aromatic heterocycles. The molecule has 0 saturated heterocycles. The maximum absolute atomic E-state index is 4.06. The molecule has 0 amide bonds. The minimum Gasteiger partial charge on any atom is -0.368 e. The number of fused-ring (bicyclic) bond motifs is 1. The second kappa shape index (κ2) is 3.01. The molecule has 0 bridgehead atoms. The third-order valence-electron chi connectivity index (χ3n) is 1.62. The second-order valence-corrected chi connectivity index (χ2v) is 3.10. The first-order valence-corrected chi connectivity index (χ1v) is 4.18. The largest absolute Gasteiger partial charge is 0.368 e. The van der Waals surface area contributed by atoms with Gasteiger partial charge in [0.2, 0.25) is 0 Å². The van der Waals surface area contributed by atoms with Crippen LogP contribution in [0.1, 0.15) is 13.8 Å². The predicted molar refractivity (Wildman–Crippen MR) is 49.5 cm³/mol. The standard InChI is InChI=1S/C8H11N5/c1-6(2)12-7-3-4-9-8-10-5-11-13(7)8/h3-6,12H,1-2H3. The Balaban J connectivity index is 2.48. The molecule has 13 heavy (non-hydrogen) atoms. The molecule has 0 radical (unpaired) electrons. The van der Waals surface area contributed by atoms with Gasteiger partial charge in [-0.05, 0) is 19.9 Å². The van der Waals surface area contributed by atoms with Crippen LogP contribution in [0.2, 0.25) is 0 Å². The van der Waals surface area contributed by atoms with Crippen LogP contribution in [0.25, 0.3) is 5.78 Å². The Morgan fingerprint density at radius 3 is 3.00 bits per heavy atom. The Morgan fingerprint density at radius 1 is 1.38 bits per heavy atom. The summed E-state index contributed by atoms with van der Waals surface area (Å²) in [5.41, 5.74) is 0. The van der Waals surface area contributed by atoms with Crippen LogP contribution in [0, 0.1) is 0 Å². The minimum absolute atomic E-state index is 0.370. The molecule has 0 aliphatic heterocycles. The van der Waals surface area contributed by atoms with Crippen LogP contribution in [0.5, 0.6) is 0 Å². The average molecular weight is 177 g/mol. The molecule has 0 aliphatic rings. The van der Waals surface area contributed by atoms with Crippen molar-refractivity contribution in [1.82, 2.24) is 19.6 Å². The van der Waals surface area contributed by atoms with E-state index in [0.29, 0.717) is 11.8 Å². The lowest BCUT2D eigenvalue weighted by atomic mass is 10.4. The maximum atomic E-state index is 4.06. The number of hydrogen-bond acceptors (Lipinski definition) is 4. The number of rotatable bonds is 2. The number of nitrogens with zero attached hydrogens (tertiary/aromatic N) is 4. The lowest BCUT2D eigenvalue weighted by Gasteiger charge is -2.09.